The Bertz CT molecular complexity index is 1480. The molecule has 2 N–H and O–H groups in total. The van der Waals surface area contributed by atoms with Crippen molar-refractivity contribution in [2.24, 2.45) is 0 Å². The number of aromatic nitrogens is 2. The highest BCUT2D eigenvalue weighted by Gasteiger charge is 2.34. The third kappa shape index (κ3) is 7.79. The lowest BCUT2D eigenvalue weighted by atomic mass is 9.99. The molecule has 13 heteroatoms. The van der Waals surface area contributed by atoms with Crippen LogP contribution in [0.1, 0.15) is 36.1 Å². The van der Waals surface area contributed by atoms with Crippen LogP contribution < -0.4 is 15.4 Å². The Morgan fingerprint density at radius 2 is 1.70 bits per heavy atom. The fraction of sp³-hybridized carbons (Fsp3) is 0.400. The summed E-state index contributed by atoms with van der Waals surface area (Å²) >= 11 is 0. The highest BCUT2D eigenvalue weighted by Crippen LogP contribution is 2.35. The van der Waals surface area contributed by atoms with Crippen molar-refractivity contribution >= 4 is 23.4 Å². The smallest absolute Gasteiger partial charge is 0.416 e. The summed E-state index contributed by atoms with van der Waals surface area (Å²) in [6, 6.07) is 10.5. The van der Waals surface area contributed by atoms with Crippen LogP contribution in [-0.4, -0.2) is 75.9 Å². The molecule has 10 nitrogen and oxygen atoms in total. The molecule has 0 atom stereocenters. The average molecular weight is 598 g/mol. The van der Waals surface area contributed by atoms with Crippen molar-refractivity contribution in [1.29, 1.82) is 0 Å². The number of hydrogen-bond acceptors (Lipinski definition) is 7. The largest absolute Gasteiger partial charge is 0.439 e. The highest BCUT2D eigenvalue weighted by atomic mass is 19.4. The van der Waals surface area contributed by atoms with E-state index in [0.717, 1.165) is 36.8 Å². The van der Waals surface area contributed by atoms with E-state index in [1.165, 1.54) is 31.5 Å². The molecule has 0 saturated carbocycles. The summed E-state index contributed by atoms with van der Waals surface area (Å²) in [5.74, 6) is 0.740. The number of ether oxygens (including phenoxy) is 1. The number of benzene rings is 2. The second-order valence-electron chi connectivity index (χ2n) is 10.6. The van der Waals surface area contributed by atoms with Crippen molar-refractivity contribution in [3.8, 4) is 11.6 Å². The van der Waals surface area contributed by atoms with Gasteiger partial charge in [0.1, 0.15) is 17.9 Å². The number of urea groups is 1. The molecule has 0 spiro atoms. The van der Waals surface area contributed by atoms with E-state index in [2.05, 4.69) is 32.4 Å². The van der Waals surface area contributed by atoms with Crippen LogP contribution in [0.2, 0.25) is 0 Å². The summed E-state index contributed by atoms with van der Waals surface area (Å²) in [6.07, 6.45) is -2.69. The third-order valence-electron chi connectivity index (χ3n) is 7.62. The number of anilines is 2. The molecule has 1 fully saturated rings. The molecule has 3 amide bonds. The number of amides is 3. The molecule has 1 aromatic heterocycles. The second-order valence-corrected chi connectivity index (χ2v) is 10.6. The number of carbonyl (C=O) groups excluding carboxylic acids is 2. The Morgan fingerprint density at radius 3 is 2.42 bits per heavy atom. The first-order chi connectivity index (χ1) is 20.6. The van der Waals surface area contributed by atoms with Crippen LogP contribution in [0.4, 0.5) is 29.5 Å². The van der Waals surface area contributed by atoms with E-state index in [0.29, 0.717) is 37.6 Å². The van der Waals surface area contributed by atoms with Gasteiger partial charge in [-0.3, -0.25) is 9.69 Å². The summed E-state index contributed by atoms with van der Waals surface area (Å²) in [5, 5.41) is 5.23. The van der Waals surface area contributed by atoms with Crippen LogP contribution >= 0.6 is 0 Å². The minimum Gasteiger partial charge on any atom is -0.439 e. The monoisotopic (exact) mass is 597 g/mol. The van der Waals surface area contributed by atoms with Gasteiger partial charge in [-0.25, -0.2) is 14.8 Å². The van der Waals surface area contributed by atoms with Crippen LogP contribution in [0.15, 0.2) is 48.8 Å². The van der Waals surface area contributed by atoms with Crippen LogP contribution in [-0.2, 0) is 30.5 Å². The van der Waals surface area contributed by atoms with Crippen LogP contribution in [0.3, 0.4) is 0 Å². The maximum Gasteiger partial charge on any atom is 0.416 e. The minimum atomic E-state index is -4.55. The number of alkyl halides is 3. The van der Waals surface area contributed by atoms with E-state index in [1.54, 1.807) is 17.0 Å². The Hall–Kier alpha value is -4.23. The maximum atomic E-state index is 14.0. The zero-order chi connectivity index (χ0) is 30.6. The topological polar surface area (TPSA) is 103 Å². The molecule has 0 bridgehead atoms. The van der Waals surface area contributed by atoms with Gasteiger partial charge < -0.3 is 25.2 Å². The van der Waals surface area contributed by atoms with Gasteiger partial charge in [-0.15, -0.1) is 0 Å². The van der Waals surface area contributed by atoms with E-state index < -0.39 is 17.8 Å². The molecular weight excluding hydrogens is 563 g/mol. The highest BCUT2D eigenvalue weighted by molar-refractivity contribution is 5.89. The fourth-order valence-corrected chi connectivity index (χ4v) is 5.30. The number of likely N-dealkylation sites (N-methyl/N-ethyl adjacent to an activating group) is 1. The normalized spacial score (nSPS) is 16.0. The lowest BCUT2D eigenvalue weighted by Crippen LogP contribution is -2.45. The molecule has 2 aliphatic rings. The Kier molecular flexibility index (Phi) is 9.11. The number of rotatable bonds is 7. The first-order valence-electron chi connectivity index (χ1n) is 14.2. The Morgan fingerprint density at radius 1 is 0.930 bits per heavy atom. The van der Waals surface area contributed by atoms with Crippen molar-refractivity contribution in [3.63, 3.8) is 0 Å². The zero-order valence-electron chi connectivity index (χ0n) is 24.1. The van der Waals surface area contributed by atoms with E-state index in [1.807, 2.05) is 11.0 Å². The molecule has 0 unspecified atom stereocenters. The number of nitrogens with one attached hydrogen (secondary N) is 2. The number of halogens is 3. The van der Waals surface area contributed by atoms with Crippen LogP contribution in [0.25, 0.3) is 0 Å². The zero-order valence-corrected chi connectivity index (χ0v) is 24.1. The number of nitrogens with zero attached hydrogens (tertiary/aromatic N) is 5. The van der Waals surface area contributed by atoms with E-state index in [-0.39, 0.29) is 36.1 Å². The van der Waals surface area contributed by atoms with Gasteiger partial charge in [-0.05, 0) is 53.9 Å². The Balaban J connectivity index is 1.24. The molecule has 43 heavy (non-hydrogen) atoms. The molecule has 0 aliphatic carbocycles. The summed E-state index contributed by atoms with van der Waals surface area (Å²) < 4.78 is 48.0. The van der Waals surface area contributed by atoms with Gasteiger partial charge in [-0.2, -0.15) is 13.2 Å². The first-order valence-corrected chi connectivity index (χ1v) is 14.2. The number of carbonyl (C=O) groups is 2. The molecular formula is C30H34F3N7O3. The molecule has 2 aromatic carbocycles. The second kappa shape index (κ2) is 13.0. The summed E-state index contributed by atoms with van der Waals surface area (Å²) in [6.45, 7) is 8.34. The summed E-state index contributed by atoms with van der Waals surface area (Å²) in [5.41, 5.74) is 1.45. The van der Waals surface area contributed by atoms with Gasteiger partial charge in [-0.1, -0.05) is 19.1 Å². The standard InChI is InChI=1S/C30H34F3N7O3/c1-3-38-10-12-39(13-11-38)17-22-4-6-24(15-26(22)30(31,32)33)37-29(42)40-9-8-21-5-7-25(14-23(21)18-40)43-28-16-27(34-19-35-28)36-20(2)41/h4-7,14-16,19H,3,8-13,17-18H2,1-2H3,(H,37,42)(H,34,35,36,41). The van der Waals surface area contributed by atoms with Crippen molar-refractivity contribution < 1.29 is 27.5 Å². The van der Waals surface area contributed by atoms with Crippen molar-refractivity contribution in [2.45, 2.75) is 39.5 Å². The van der Waals surface area contributed by atoms with E-state index in [4.69, 9.17) is 4.74 Å². The molecule has 5 rings (SSSR count). The first kappa shape index (κ1) is 30.2. The predicted octanol–water partition coefficient (Wildman–Crippen LogP) is 4.97. The SMILES string of the molecule is CCN1CCN(Cc2ccc(NC(=O)N3CCc4ccc(Oc5cc(NC(C)=O)ncn5)cc4C3)cc2C(F)(F)F)CC1. The van der Waals surface area contributed by atoms with Crippen LogP contribution in [0, 0.1) is 0 Å². The van der Waals surface area contributed by atoms with Gasteiger partial charge in [0.05, 0.1) is 5.56 Å². The minimum absolute atomic E-state index is 0.0958. The number of hydrogen-bond donors (Lipinski definition) is 2. The Labute approximate surface area is 247 Å². The molecule has 228 valence electrons. The predicted molar refractivity (Wildman–Crippen MR) is 155 cm³/mol. The maximum absolute atomic E-state index is 14.0. The average Bonchev–Trinajstić information content (AvgIpc) is 2.97. The number of piperazine rings is 1. The molecule has 2 aliphatic heterocycles. The quantitative estimate of drug-likeness (QED) is 0.396. The van der Waals surface area contributed by atoms with E-state index >= 15 is 0 Å². The van der Waals surface area contributed by atoms with Gasteiger partial charge in [0, 0.05) is 64.5 Å². The van der Waals surface area contributed by atoms with Crippen molar-refractivity contribution in [2.75, 3.05) is 49.9 Å². The van der Waals surface area contributed by atoms with Crippen LogP contribution in [0.5, 0.6) is 11.6 Å². The van der Waals surface area contributed by atoms with Crippen molar-refractivity contribution in [1.82, 2.24) is 24.7 Å². The lowest BCUT2D eigenvalue weighted by molar-refractivity contribution is -0.138. The van der Waals surface area contributed by atoms with Gasteiger partial charge in [0.25, 0.3) is 0 Å². The molecule has 1 saturated heterocycles. The summed E-state index contributed by atoms with van der Waals surface area (Å²) in [7, 11) is 0. The number of fused-ring (bicyclic) bond motifs is 1. The molecule has 0 radical (unpaired) electrons. The summed E-state index contributed by atoms with van der Waals surface area (Å²) in [4.78, 5) is 38.3. The lowest BCUT2D eigenvalue weighted by Gasteiger charge is -2.34. The van der Waals surface area contributed by atoms with Gasteiger partial charge >= 0.3 is 12.2 Å². The third-order valence-corrected chi connectivity index (χ3v) is 7.62. The molecule has 3 heterocycles. The van der Waals surface area contributed by atoms with Crippen molar-refractivity contribution in [3.05, 3.63) is 71.0 Å². The van der Waals surface area contributed by atoms with Gasteiger partial charge in [0.2, 0.25) is 11.8 Å². The molecule has 3 aromatic rings. The fourth-order valence-electron chi connectivity index (χ4n) is 5.30. The van der Waals surface area contributed by atoms with Gasteiger partial charge in [0.15, 0.2) is 0 Å². The van der Waals surface area contributed by atoms with E-state index in [9.17, 15) is 22.8 Å².